The largest absolute Gasteiger partial charge is 0.547 e. The van der Waals surface area contributed by atoms with Gasteiger partial charge in [0.2, 0.25) is 6.29 Å². The zero-order chi connectivity index (χ0) is 77.5. The summed E-state index contributed by atoms with van der Waals surface area (Å²) < 4.78 is 83.6. The minimum Gasteiger partial charge on any atom is -0.547 e. The van der Waals surface area contributed by atoms with Gasteiger partial charge < -0.3 is 173 Å². The number of carboxylic acids is 1. The van der Waals surface area contributed by atoms with Crippen LogP contribution in [0.4, 0.5) is 0 Å². The van der Waals surface area contributed by atoms with Crippen LogP contribution >= 0.6 is 0 Å². The van der Waals surface area contributed by atoms with Crippen LogP contribution in [0, 0.1) is 50.2 Å². The maximum Gasteiger partial charge on any atom is 0.317 e. The highest BCUT2D eigenvalue weighted by molar-refractivity contribution is 5.80. The van der Waals surface area contributed by atoms with Crippen LogP contribution in [0.5, 0.6) is 0 Å². The number of ether oxygens (including phenoxy) is 14. The lowest BCUT2D eigenvalue weighted by atomic mass is 9.33. The molecular weight excluding hydrogens is 1420 g/mol. The molecule has 0 amide bonds. The molecule has 0 aromatic heterocycles. The summed E-state index contributed by atoms with van der Waals surface area (Å²) in [5.41, 5.74) is -6.96. The molecule has 0 radical (unpaired) electrons. The number of fused-ring (bicyclic) bond motifs is 7. The van der Waals surface area contributed by atoms with Crippen LogP contribution in [0.2, 0.25) is 0 Å². The van der Waals surface area contributed by atoms with E-state index in [4.69, 9.17) is 66.3 Å². The van der Waals surface area contributed by atoms with E-state index in [0.717, 1.165) is 11.9 Å². The quantitative estimate of drug-likeness (QED) is 0.0262. The predicted molar refractivity (Wildman–Crippen MR) is 344 cm³/mol. The first-order chi connectivity index (χ1) is 49.6. The number of hydrogen-bond acceptors (Lipinski definition) is 36. The van der Waals surface area contributed by atoms with Crippen molar-refractivity contribution in [3.63, 3.8) is 0 Å². The van der Waals surface area contributed by atoms with Crippen molar-refractivity contribution in [1.29, 1.82) is 0 Å². The number of allylic oxidation sites excluding steroid dienone is 2. The second-order valence-electron chi connectivity index (χ2n) is 33.7. The van der Waals surface area contributed by atoms with Gasteiger partial charge in [-0.15, -0.1) is 0 Å². The Bertz CT molecular complexity index is 3130. The molecule has 36 heteroatoms. The average molecular weight is 1530 g/mol. The van der Waals surface area contributed by atoms with Crippen molar-refractivity contribution in [2.75, 3.05) is 26.4 Å². The summed E-state index contributed by atoms with van der Waals surface area (Å²) in [5, 5.41) is 213. The molecule has 0 unspecified atom stereocenters. The third-order valence-electron chi connectivity index (χ3n) is 26.9. The monoisotopic (exact) mass is 1530 g/mol. The van der Waals surface area contributed by atoms with E-state index in [9.17, 15) is 107 Å². The Morgan fingerprint density at radius 3 is 1.75 bits per heavy atom. The van der Waals surface area contributed by atoms with Crippen LogP contribution in [0.1, 0.15) is 120 Å². The molecule has 12 aliphatic rings. The van der Waals surface area contributed by atoms with Crippen molar-refractivity contribution in [2.45, 2.75) is 328 Å². The lowest BCUT2D eigenvalue weighted by Gasteiger charge is -2.71. The van der Waals surface area contributed by atoms with Gasteiger partial charge in [-0.25, -0.2) is 0 Å². The predicted octanol–water partition coefficient (Wildman–Crippen LogP) is -7.29. The van der Waals surface area contributed by atoms with Gasteiger partial charge in [-0.1, -0.05) is 53.2 Å². The van der Waals surface area contributed by atoms with E-state index in [1.807, 2.05) is 0 Å². The molecule has 0 spiro atoms. The first-order valence-electron chi connectivity index (χ1n) is 36.8. The van der Waals surface area contributed by atoms with E-state index < -0.39 is 291 Å². The second-order valence-corrected chi connectivity index (χ2v) is 33.7. The number of hydrogen-bond donors (Lipinski definition) is 18. The van der Waals surface area contributed by atoms with E-state index in [1.54, 1.807) is 6.92 Å². The van der Waals surface area contributed by atoms with Gasteiger partial charge in [-0.3, -0.25) is 4.79 Å². The summed E-state index contributed by atoms with van der Waals surface area (Å²) >= 11 is 0. The van der Waals surface area contributed by atoms with Crippen LogP contribution in [0.15, 0.2) is 11.6 Å². The number of carbonyl (C=O) groups is 3. The van der Waals surface area contributed by atoms with E-state index in [-0.39, 0.29) is 25.2 Å². The van der Waals surface area contributed by atoms with Crippen molar-refractivity contribution in [3.05, 3.63) is 11.6 Å². The molecule has 18 N–H and O–H groups in total. The molecule has 7 aliphatic heterocycles. The molecule has 36 nitrogen and oxygen atoms in total. The molecule has 12 rings (SSSR count). The SMILES string of the molecule is C[C@@H]1O[C@@H](O[C@H]2[C@H](O)[C@@H](C(=O)[O-])O[C@@H](O[C@H]3CC[C@]4(C)[C@H]5CC=C6[C@@H]7CC(C)(C)CC[C@]7(C(=O)O[C@@H]7O[C@H](C)[C@H](O)[C@H](O)[C@H]7O[C@@H]7O[C@@H](C)[C@H](O[C@@H]8OC[C@@H](O)[C@H](O[C@@H]9OC[C@](O)(CO)[C@H]9O)[C@H]8O)[C@@H](O)[C@H]7O)[C@H](O)C[C@@]6(C)[C@]5(C)CC[C@H]4[C@]3(C)C=O)[C@@H]2O[C@@H]2O[C@H](CO)[C@H](O)[C@H](O)[C@H]2O)[C@H](O)[C@H](O)[C@H]1O. The fourth-order valence-corrected chi connectivity index (χ4v) is 20.2. The summed E-state index contributed by atoms with van der Waals surface area (Å²) in [6, 6.07) is 0. The first-order valence-corrected chi connectivity index (χ1v) is 36.8. The summed E-state index contributed by atoms with van der Waals surface area (Å²) in [6.45, 7) is 13.5. The van der Waals surface area contributed by atoms with Gasteiger partial charge in [0.05, 0.1) is 68.3 Å². The number of carbonyl (C=O) groups excluding carboxylic acids is 3. The molecule has 606 valence electrons. The van der Waals surface area contributed by atoms with Crippen molar-refractivity contribution >= 4 is 18.2 Å². The third-order valence-corrected chi connectivity index (χ3v) is 26.9. The smallest absolute Gasteiger partial charge is 0.317 e. The molecule has 7 saturated heterocycles. The van der Waals surface area contributed by atoms with Crippen LogP contribution < -0.4 is 5.11 Å². The molecule has 0 aromatic carbocycles. The molecular formula is C70H109O36-. The summed E-state index contributed by atoms with van der Waals surface area (Å²) in [7, 11) is 0. The maximum absolute atomic E-state index is 15.8. The van der Waals surface area contributed by atoms with Crippen LogP contribution in [0.3, 0.4) is 0 Å². The number of rotatable bonds is 18. The molecule has 4 saturated carbocycles. The normalized spacial score (nSPS) is 55.3. The molecule has 0 aromatic rings. The van der Waals surface area contributed by atoms with Crippen molar-refractivity contribution in [2.24, 2.45) is 50.2 Å². The topological polar surface area (TPSA) is 568 Å². The van der Waals surface area contributed by atoms with E-state index in [2.05, 4.69) is 40.7 Å². The lowest BCUT2D eigenvalue weighted by Crippen LogP contribution is -2.70. The molecule has 7 heterocycles. The third kappa shape index (κ3) is 13.8. The van der Waals surface area contributed by atoms with Gasteiger partial charge in [-0.05, 0) is 118 Å². The van der Waals surface area contributed by atoms with Crippen molar-refractivity contribution < 1.29 is 178 Å². The number of esters is 1. The zero-order valence-corrected chi connectivity index (χ0v) is 60.5. The van der Waals surface area contributed by atoms with Crippen molar-refractivity contribution in [1.82, 2.24) is 0 Å². The minimum atomic E-state index is -2.31. The number of aliphatic carboxylic acids is 1. The Morgan fingerprint density at radius 1 is 0.547 bits per heavy atom. The van der Waals surface area contributed by atoms with Crippen LogP contribution in [0.25, 0.3) is 0 Å². The first kappa shape index (κ1) is 82.6. The summed E-state index contributed by atoms with van der Waals surface area (Å²) in [4.78, 5) is 42.9. The fourth-order valence-electron chi connectivity index (χ4n) is 20.2. The molecule has 106 heavy (non-hydrogen) atoms. The van der Waals surface area contributed by atoms with Crippen molar-refractivity contribution in [3.8, 4) is 0 Å². The Morgan fingerprint density at radius 2 is 1.12 bits per heavy atom. The Hall–Kier alpha value is -2.89. The van der Waals surface area contributed by atoms with Gasteiger partial charge in [0.1, 0.15) is 139 Å². The fraction of sp³-hybridized carbons (Fsp3) is 0.929. The highest BCUT2D eigenvalue weighted by atomic mass is 16.8. The summed E-state index contributed by atoms with van der Waals surface area (Å²) in [6.07, 6.45) is -53.0. The zero-order valence-electron chi connectivity index (χ0n) is 60.5. The number of aliphatic hydroxyl groups excluding tert-OH is 17. The number of aldehydes is 1. The average Bonchev–Trinajstić information content (AvgIpc) is 0.722. The maximum atomic E-state index is 15.8. The van der Waals surface area contributed by atoms with E-state index >= 15 is 4.79 Å². The summed E-state index contributed by atoms with van der Waals surface area (Å²) in [5.74, 6) is -4.32. The molecule has 42 atom stereocenters. The van der Waals surface area contributed by atoms with Gasteiger partial charge in [0, 0.05) is 0 Å². The van der Waals surface area contributed by atoms with Crippen LogP contribution in [-0.2, 0) is 80.7 Å². The van der Waals surface area contributed by atoms with E-state index in [1.165, 1.54) is 20.8 Å². The van der Waals surface area contributed by atoms with Crippen LogP contribution in [-0.4, -0.2) is 345 Å². The minimum absolute atomic E-state index is 0.0365. The lowest BCUT2D eigenvalue weighted by molar-refractivity contribution is -0.403. The molecule has 11 fully saturated rings. The standard InChI is InChI=1S/C70H110O36/c1-25-36(76)39(79)43(83)57(95-25)102-50-46(86)51(55(89)90)103-61(53(50)105-59-44(84)40(80)38(78)31(20-71)98-59)99-35-13-14-65(6)32(66(35,7)22-72)12-15-67(8)33(65)11-10-28-29-18-64(4,5)16-17-70(29,34(75)19-68(28,67)9)63(91)106-60-52(41(81)37(77)26(2)96-60)104-58-45(85)42(82)48(27(3)97-58)100-56-47(87)49(30(74)21-93-56)101-62-54(88)69(92,23-73)24-94-62/h10,22,25-27,29-54,56-62,71,73-88,92H,11-21,23-24H2,1-9H3,(H,89,90)/p-1/t25-,26+,27-,29-,30+,31+,32+,33+,34+,35-,36-,37-,38-,39+,40-,41-,42-,43+,44+,45+,46-,47+,48-,49-,50-,51-,52+,53+,54-,56-,57-,58-,59-,60-,61+,62-,65-,66-,67+,68+,69+,70+/m0/s1. The van der Waals surface area contributed by atoms with Gasteiger partial charge in [0.25, 0.3) is 0 Å². The van der Waals surface area contributed by atoms with Gasteiger partial charge >= 0.3 is 5.97 Å². The second kappa shape index (κ2) is 30.5. The highest BCUT2D eigenvalue weighted by Gasteiger charge is 2.73. The highest BCUT2D eigenvalue weighted by Crippen LogP contribution is 2.76. The Kier molecular flexibility index (Phi) is 23.7. The number of carboxylic acid groups (broad SMARTS) is 1. The Labute approximate surface area is 610 Å². The molecule has 5 aliphatic carbocycles. The Balaban J connectivity index is 0.780. The van der Waals surface area contributed by atoms with Gasteiger partial charge in [0.15, 0.2) is 43.8 Å². The van der Waals surface area contributed by atoms with E-state index in [0.29, 0.717) is 38.5 Å². The van der Waals surface area contributed by atoms with Gasteiger partial charge in [-0.2, -0.15) is 0 Å². The number of aliphatic hydroxyl groups is 18. The molecule has 0 bridgehead atoms.